The van der Waals surface area contributed by atoms with Gasteiger partial charge in [0.2, 0.25) is 0 Å². The van der Waals surface area contributed by atoms with Gasteiger partial charge in [0.1, 0.15) is 0 Å². The van der Waals surface area contributed by atoms with Crippen LogP contribution in [0.25, 0.3) is 0 Å². The summed E-state index contributed by atoms with van der Waals surface area (Å²) in [4.78, 5) is 17.7. The molecule has 0 bridgehead atoms. The van der Waals surface area contributed by atoms with Crippen LogP contribution >= 0.6 is 15.9 Å². The maximum absolute atomic E-state index is 12.8. The van der Waals surface area contributed by atoms with Crippen LogP contribution in [-0.4, -0.2) is 37.6 Å². The lowest BCUT2D eigenvalue weighted by molar-refractivity contribution is 0.0696. The molecule has 1 aromatic heterocycles. The summed E-state index contributed by atoms with van der Waals surface area (Å²) in [6, 6.07) is 7.55. The molecule has 1 aromatic carbocycles. The second kappa shape index (κ2) is 8.26. The minimum atomic E-state index is -3.87. The summed E-state index contributed by atoms with van der Waals surface area (Å²) in [5.41, 5.74) is 0.113. The standard InChI is InChI=1S/C18H20BrN3O4S/c19-14-5-7-15(8-6-14)27(25,26)21-16-11-13(18(23)24)12-20-17(16)22-9-3-1-2-4-10-22/h5-8,11-12,21H,1-4,9-10H2,(H,23,24). The molecule has 2 heterocycles. The van der Waals surface area contributed by atoms with Crippen LogP contribution in [0.15, 0.2) is 45.9 Å². The van der Waals surface area contributed by atoms with E-state index in [2.05, 4.69) is 25.6 Å². The quantitative estimate of drug-likeness (QED) is 0.715. The maximum atomic E-state index is 12.8. The van der Waals surface area contributed by atoms with Crippen molar-refractivity contribution in [1.29, 1.82) is 0 Å². The molecular formula is C18H20BrN3O4S. The van der Waals surface area contributed by atoms with Gasteiger partial charge in [-0.05, 0) is 43.2 Å². The summed E-state index contributed by atoms with van der Waals surface area (Å²) < 4.78 is 28.8. The summed E-state index contributed by atoms with van der Waals surface area (Å²) in [5, 5.41) is 9.27. The molecule has 0 unspecified atom stereocenters. The number of rotatable bonds is 5. The summed E-state index contributed by atoms with van der Waals surface area (Å²) >= 11 is 3.28. The zero-order valence-corrected chi connectivity index (χ0v) is 17.0. The van der Waals surface area contributed by atoms with Gasteiger partial charge < -0.3 is 10.0 Å². The Morgan fingerprint density at radius 2 is 1.74 bits per heavy atom. The number of hydrogen-bond acceptors (Lipinski definition) is 5. The minimum absolute atomic E-state index is 0.0675. The van der Waals surface area contributed by atoms with E-state index in [-0.39, 0.29) is 16.1 Å². The average molecular weight is 454 g/mol. The summed E-state index contributed by atoms with van der Waals surface area (Å²) in [6.07, 6.45) is 5.47. The number of carboxylic acids is 1. The van der Waals surface area contributed by atoms with Crippen LogP contribution in [0.4, 0.5) is 11.5 Å². The van der Waals surface area contributed by atoms with E-state index in [9.17, 15) is 18.3 Å². The van der Waals surface area contributed by atoms with E-state index in [4.69, 9.17) is 0 Å². The zero-order valence-electron chi connectivity index (χ0n) is 14.6. The summed E-state index contributed by atoms with van der Waals surface area (Å²) in [5.74, 6) is -0.698. The minimum Gasteiger partial charge on any atom is -0.478 e. The molecule has 0 aliphatic carbocycles. The van der Waals surface area contributed by atoms with Crippen molar-refractivity contribution in [1.82, 2.24) is 4.98 Å². The first-order chi connectivity index (χ1) is 12.9. The lowest BCUT2D eigenvalue weighted by atomic mass is 10.2. The van der Waals surface area contributed by atoms with Gasteiger partial charge in [-0.2, -0.15) is 0 Å². The van der Waals surface area contributed by atoms with Gasteiger partial charge >= 0.3 is 5.97 Å². The topological polar surface area (TPSA) is 99.6 Å². The zero-order chi connectivity index (χ0) is 19.4. The predicted octanol–water partition coefficient (Wildman–Crippen LogP) is 3.72. The first-order valence-electron chi connectivity index (χ1n) is 8.63. The normalized spacial score (nSPS) is 15.2. The van der Waals surface area contributed by atoms with Gasteiger partial charge in [0.05, 0.1) is 16.1 Å². The molecule has 2 N–H and O–H groups in total. The smallest absolute Gasteiger partial charge is 0.337 e. The number of halogens is 1. The van der Waals surface area contributed by atoms with Gasteiger partial charge in [0, 0.05) is 23.8 Å². The van der Waals surface area contributed by atoms with E-state index in [1.54, 1.807) is 12.1 Å². The third-order valence-corrected chi connectivity index (χ3v) is 6.30. The van der Waals surface area contributed by atoms with E-state index < -0.39 is 16.0 Å². The number of aromatic nitrogens is 1. The number of aromatic carboxylic acids is 1. The van der Waals surface area contributed by atoms with Crippen molar-refractivity contribution in [3.8, 4) is 0 Å². The van der Waals surface area contributed by atoms with E-state index in [0.717, 1.165) is 43.2 Å². The molecule has 1 aliphatic heterocycles. The fraction of sp³-hybridized carbons (Fsp3) is 0.333. The molecule has 2 aromatic rings. The Kier molecular flexibility index (Phi) is 6.01. The number of pyridine rings is 1. The highest BCUT2D eigenvalue weighted by molar-refractivity contribution is 9.10. The second-order valence-corrected chi connectivity index (χ2v) is 8.96. The van der Waals surface area contributed by atoms with Crippen LogP contribution in [0, 0.1) is 0 Å². The van der Waals surface area contributed by atoms with E-state index in [1.807, 2.05) is 4.90 Å². The number of anilines is 2. The summed E-state index contributed by atoms with van der Waals surface area (Å²) in [6.45, 7) is 1.51. The number of sulfonamides is 1. The van der Waals surface area contributed by atoms with Crippen LogP contribution in [0.3, 0.4) is 0 Å². The molecule has 27 heavy (non-hydrogen) atoms. The summed E-state index contributed by atoms with van der Waals surface area (Å²) in [7, 11) is -3.87. The van der Waals surface area contributed by atoms with Crippen molar-refractivity contribution >= 4 is 43.4 Å². The molecule has 1 aliphatic rings. The fourth-order valence-electron chi connectivity index (χ4n) is 3.00. The Hall–Kier alpha value is -2.13. The van der Waals surface area contributed by atoms with E-state index in [1.165, 1.54) is 24.4 Å². The molecule has 1 saturated heterocycles. The molecule has 1 fully saturated rings. The van der Waals surface area contributed by atoms with Crippen LogP contribution in [0.5, 0.6) is 0 Å². The van der Waals surface area contributed by atoms with E-state index in [0.29, 0.717) is 5.82 Å². The lowest BCUT2D eigenvalue weighted by Gasteiger charge is -2.24. The largest absolute Gasteiger partial charge is 0.478 e. The fourth-order valence-corrected chi connectivity index (χ4v) is 4.32. The average Bonchev–Trinajstić information content (AvgIpc) is 2.91. The van der Waals surface area contributed by atoms with Crippen LogP contribution in [0.1, 0.15) is 36.0 Å². The number of carbonyl (C=O) groups is 1. The van der Waals surface area contributed by atoms with Crippen LogP contribution in [0.2, 0.25) is 0 Å². The molecular weight excluding hydrogens is 434 g/mol. The number of hydrogen-bond donors (Lipinski definition) is 2. The van der Waals surface area contributed by atoms with Crippen LogP contribution < -0.4 is 9.62 Å². The monoisotopic (exact) mass is 453 g/mol. The molecule has 144 valence electrons. The van der Waals surface area contributed by atoms with Gasteiger partial charge in [-0.1, -0.05) is 28.8 Å². The molecule has 0 amide bonds. The van der Waals surface area contributed by atoms with Crippen LogP contribution in [-0.2, 0) is 10.0 Å². The Morgan fingerprint density at radius 3 is 2.33 bits per heavy atom. The Morgan fingerprint density at radius 1 is 1.11 bits per heavy atom. The number of carboxylic acid groups (broad SMARTS) is 1. The molecule has 0 spiro atoms. The number of nitrogens with zero attached hydrogens (tertiary/aromatic N) is 2. The van der Waals surface area contributed by atoms with Gasteiger partial charge in [0.25, 0.3) is 10.0 Å². The highest BCUT2D eigenvalue weighted by atomic mass is 79.9. The molecule has 7 nitrogen and oxygen atoms in total. The van der Waals surface area contributed by atoms with Gasteiger partial charge in [-0.15, -0.1) is 0 Å². The second-order valence-electron chi connectivity index (χ2n) is 6.36. The first kappa shape index (κ1) is 19.6. The highest BCUT2D eigenvalue weighted by Gasteiger charge is 2.22. The van der Waals surface area contributed by atoms with Crippen molar-refractivity contribution in [2.75, 3.05) is 22.7 Å². The molecule has 0 atom stereocenters. The third kappa shape index (κ3) is 4.78. The van der Waals surface area contributed by atoms with Crippen molar-refractivity contribution < 1.29 is 18.3 Å². The third-order valence-electron chi connectivity index (χ3n) is 4.39. The first-order valence-corrected chi connectivity index (χ1v) is 10.9. The van der Waals surface area contributed by atoms with Gasteiger partial charge in [0.15, 0.2) is 5.82 Å². The van der Waals surface area contributed by atoms with Gasteiger partial charge in [-0.3, -0.25) is 4.72 Å². The Labute approximate surface area is 166 Å². The molecule has 9 heteroatoms. The Bertz CT molecular complexity index is 924. The van der Waals surface area contributed by atoms with Crippen molar-refractivity contribution in [3.63, 3.8) is 0 Å². The van der Waals surface area contributed by atoms with Crippen molar-refractivity contribution in [2.45, 2.75) is 30.6 Å². The number of nitrogens with one attached hydrogen (secondary N) is 1. The molecule has 0 radical (unpaired) electrons. The lowest BCUT2D eigenvalue weighted by Crippen LogP contribution is -2.27. The predicted molar refractivity (Wildman–Crippen MR) is 107 cm³/mol. The van der Waals surface area contributed by atoms with Crippen molar-refractivity contribution in [2.24, 2.45) is 0 Å². The molecule has 3 rings (SSSR count). The highest BCUT2D eigenvalue weighted by Crippen LogP contribution is 2.29. The number of benzene rings is 1. The van der Waals surface area contributed by atoms with E-state index >= 15 is 0 Å². The van der Waals surface area contributed by atoms with Crippen molar-refractivity contribution in [3.05, 3.63) is 46.6 Å². The maximum Gasteiger partial charge on any atom is 0.337 e. The SMILES string of the molecule is O=C(O)c1cnc(N2CCCCCC2)c(NS(=O)(=O)c2ccc(Br)cc2)c1. The Balaban J connectivity index is 1.99. The molecule has 0 saturated carbocycles. The van der Waals surface area contributed by atoms with Gasteiger partial charge in [-0.25, -0.2) is 18.2 Å².